The van der Waals surface area contributed by atoms with E-state index in [0.717, 1.165) is 42.9 Å². The molecule has 2 aromatic rings. The van der Waals surface area contributed by atoms with Gasteiger partial charge in [-0.2, -0.15) is 0 Å². The number of fused-ring (bicyclic) bond motifs is 1. The second-order valence-corrected chi connectivity index (χ2v) is 5.68. The van der Waals surface area contributed by atoms with E-state index in [1.54, 1.807) is 7.11 Å². The largest absolute Gasteiger partial charge is 0.497 e. The Balaban J connectivity index is 1.97. The molecule has 0 atom stereocenters. The van der Waals surface area contributed by atoms with Gasteiger partial charge < -0.3 is 15.4 Å². The molecule has 0 saturated carbocycles. The summed E-state index contributed by atoms with van der Waals surface area (Å²) in [6.45, 7) is 4.38. The summed E-state index contributed by atoms with van der Waals surface area (Å²) in [6.07, 6.45) is 4.08. The van der Waals surface area contributed by atoms with Crippen molar-refractivity contribution in [1.29, 1.82) is 0 Å². The first-order chi connectivity index (χ1) is 9.70. The number of pyridine rings is 1. The Morgan fingerprint density at radius 1 is 1.25 bits per heavy atom. The van der Waals surface area contributed by atoms with Crippen molar-refractivity contribution in [3.8, 4) is 5.75 Å². The second kappa shape index (κ2) is 5.29. The summed E-state index contributed by atoms with van der Waals surface area (Å²) in [5, 5.41) is 9.34. The third-order valence-electron chi connectivity index (χ3n) is 4.10. The second-order valence-electron chi connectivity index (χ2n) is 5.68. The average molecular weight is 271 g/mol. The van der Waals surface area contributed by atoms with E-state index in [0.29, 0.717) is 0 Å². The average Bonchev–Trinajstić information content (AvgIpc) is 2.47. The Bertz CT molecular complexity index is 606. The number of hydrogen-bond donors (Lipinski definition) is 2. The van der Waals surface area contributed by atoms with Crippen LogP contribution in [0, 0.1) is 0 Å². The van der Waals surface area contributed by atoms with Gasteiger partial charge in [0.2, 0.25) is 0 Å². The number of nitrogens with one attached hydrogen (secondary N) is 2. The molecule has 0 bridgehead atoms. The standard InChI is InChI=1S/C16H21N3O/c1-16(6-9-17-10-7-16)19-15-14-11-13(20-2)4-3-12(14)5-8-18-15/h3-5,8,11,17H,6-7,9-10H2,1-2H3,(H,18,19). The molecule has 4 nitrogen and oxygen atoms in total. The lowest BCUT2D eigenvalue weighted by Gasteiger charge is -2.35. The number of rotatable bonds is 3. The van der Waals surface area contributed by atoms with Gasteiger partial charge in [-0.1, -0.05) is 6.07 Å². The molecule has 1 aliphatic heterocycles. The van der Waals surface area contributed by atoms with Crippen LogP contribution in [0.2, 0.25) is 0 Å². The Morgan fingerprint density at radius 3 is 2.80 bits per heavy atom. The minimum absolute atomic E-state index is 0.107. The van der Waals surface area contributed by atoms with Gasteiger partial charge in [0, 0.05) is 17.1 Å². The molecule has 0 spiro atoms. The number of nitrogens with zero attached hydrogens (tertiary/aromatic N) is 1. The van der Waals surface area contributed by atoms with E-state index in [4.69, 9.17) is 4.74 Å². The third-order valence-corrected chi connectivity index (χ3v) is 4.10. The lowest BCUT2D eigenvalue weighted by atomic mass is 9.90. The summed E-state index contributed by atoms with van der Waals surface area (Å²) < 4.78 is 5.33. The molecule has 1 fully saturated rings. The Hall–Kier alpha value is -1.81. The van der Waals surface area contributed by atoms with E-state index in [9.17, 15) is 0 Å². The van der Waals surface area contributed by atoms with Crippen molar-refractivity contribution in [2.45, 2.75) is 25.3 Å². The molecule has 106 valence electrons. The predicted molar refractivity (Wildman–Crippen MR) is 82.4 cm³/mol. The van der Waals surface area contributed by atoms with Gasteiger partial charge >= 0.3 is 0 Å². The normalized spacial score (nSPS) is 17.9. The number of piperidine rings is 1. The summed E-state index contributed by atoms with van der Waals surface area (Å²) in [7, 11) is 1.69. The number of methoxy groups -OCH3 is 1. The molecule has 1 aliphatic rings. The maximum absolute atomic E-state index is 5.33. The van der Waals surface area contributed by atoms with Gasteiger partial charge in [-0.3, -0.25) is 0 Å². The zero-order valence-corrected chi connectivity index (χ0v) is 12.1. The van der Waals surface area contributed by atoms with Crippen LogP contribution in [0.25, 0.3) is 10.8 Å². The van der Waals surface area contributed by atoms with Crippen LogP contribution >= 0.6 is 0 Å². The van der Waals surface area contributed by atoms with Gasteiger partial charge in [-0.25, -0.2) is 4.98 Å². The van der Waals surface area contributed by atoms with Crippen LogP contribution in [-0.2, 0) is 0 Å². The van der Waals surface area contributed by atoms with Crippen LogP contribution in [-0.4, -0.2) is 30.7 Å². The van der Waals surface area contributed by atoms with Crippen molar-refractivity contribution >= 4 is 16.6 Å². The fraction of sp³-hybridized carbons (Fsp3) is 0.438. The van der Waals surface area contributed by atoms with E-state index in [1.807, 2.05) is 18.3 Å². The molecule has 2 heterocycles. The van der Waals surface area contributed by atoms with Gasteiger partial charge in [0.1, 0.15) is 11.6 Å². The molecule has 1 aromatic carbocycles. The zero-order valence-electron chi connectivity index (χ0n) is 12.1. The van der Waals surface area contributed by atoms with E-state index in [2.05, 4.69) is 34.7 Å². The summed E-state index contributed by atoms with van der Waals surface area (Å²) in [5.41, 5.74) is 0.107. The highest BCUT2D eigenvalue weighted by atomic mass is 16.5. The quantitative estimate of drug-likeness (QED) is 0.901. The van der Waals surface area contributed by atoms with Gasteiger partial charge in [-0.15, -0.1) is 0 Å². The number of aromatic nitrogens is 1. The summed E-state index contributed by atoms with van der Waals surface area (Å²) in [5.74, 6) is 1.81. The summed E-state index contributed by atoms with van der Waals surface area (Å²) >= 11 is 0. The van der Waals surface area contributed by atoms with Crippen molar-refractivity contribution in [2.75, 3.05) is 25.5 Å². The monoisotopic (exact) mass is 271 g/mol. The molecule has 0 aliphatic carbocycles. The fourth-order valence-electron chi connectivity index (χ4n) is 2.76. The lowest BCUT2D eigenvalue weighted by molar-refractivity contribution is 0.364. The van der Waals surface area contributed by atoms with Crippen LogP contribution in [0.15, 0.2) is 30.5 Å². The van der Waals surface area contributed by atoms with E-state index >= 15 is 0 Å². The van der Waals surface area contributed by atoms with Crippen LogP contribution < -0.4 is 15.4 Å². The maximum atomic E-state index is 5.33. The Kier molecular flexibility index (Phi) is 3.49. The van der Waals surface area contributed by atoms with Crippen molar-refractivity contribution in [3.63, 3.8) is 0 Å². The van der Waals surface area contributed by atoms with E-state index in [1.165, 1.54) is 5.39 Å². The van der Waals surface area contributed by atoms with Gasteiger partial charge in [0.05, 0.1) is 7.11 Å². The molecule has 1 aromatic heterocycles. The third kappa shape index (κ3) is 2.56. The molecule has 1 saturated heterocycles. The number of hydrogen-bond acceptors (Lipinski definition) is 4. The number of ether oxygens (including phenoxy) is 1. The molecule has 0 radical (unpaired) electrons. The van der Waals surface area contributed by atoms with E-state index < -0.39 is 0 Å². The number of anilines is 1. The lowest BCUT2D eigenvalue weighted by Crippen LogP contribution is -2.45. The first-order valence-corrected chi connectivity index (χ1v) is 7.12. The molecule has 0 unspecified atom stereocenters. The molecular weight excluding hydrogens is 250 g/mol. The van der Waals surface area contributed by atoms with Crippen molar-refractivity contribution < 1.29 is 4.74 Å². The van der Waals surface area contributed by atoms with Crippen LogP contribution in [0.5, 0.6) is 5.75 Å². The molecule has 20 heavy (non-hydrogen) atoms. The molecule has 3 rings (SSSR count). The number of benzene rings is 1. The Labute approximate surface area is 119 Å². The van der Waals surface area contributed by atoms with E-state index in [-0.39, 0.29) is 5.54 Å². The zero-order chi connectivity index (χ0) is 14.0. The molecule has 2 N–H and O–H groups in total. The van der Waals surface area contributed by atoms with Crippen LogP contribution in [0.3, 0.4) is 0 Å². The van der Waals surface area contributed by atoms with Gasteiger partial charge in [-0.05, 0) is 56.4 Å². The van der Waals surface area contributed by atoms with Crippen LogP contribution in [0.4, 0.5) is 5.82 Å². The highest BCUT2D eigenvalue weighted by Gasteiger charge is 2.27. The van der Waals surface area contributed by atoms with Crippen molar-refractivity contribution in [1.82, 2.24) is 10.3 Å². The minimum atomic E-state index is 0.107. The predicted octanol–water partition coefficient (Wildman–Crippen LogP) is 2.80. The topological polar surface area (TPSA) is 46.2 Å². The molecule has 0 amide bonds. The highest BCUT2D eigenvalue weighted by molar-refractivity contribution is 5.93. The molecular formula is C16H21N3O. The fourth-order valence-corrected chi connectivity index (χ4v) is 2.76. The van der Waals surface area contributed by atoms with Crippen molar-refractivity contribution in [2.24, 2.45) is 0 Å². The van der Waals surface area contributed by atoms with Gasteiger partial charge in [0.25, 0.3) is 0 Å². The first-order valence-electron chi connectivity index (χ1n) is 7.12. The summed E-state index contributed by atoms with van der Waals surface area (Å²) in [6, 6.07) is 8.14. The minimum Gasteiger partial charge on any atom is -0.497 e. The SMILES string of the molecule is COc1ccc2ccnc(NC3(C)CCNCC3)c2c1. The Morgan fingerprint density at radius 2 is 2.05 bits per heavy atom. The first kappa shape index (κ1) is 13.2. The molecule has 4 heteroatoms. The van der Waals surface area contributed by atoms with Gasteiger partial charge in [0.15, 0.2) is 0 Å². The summed E-state index contributed by atoms with van der Waals surface area (Å²) in [4.78, 5) is 4.53. The van der Waals surface area contributed by atoms with Crippen molar-refractivity contribution in [3.05, 3.63) is 30.5 Å². The highest BCUT2D eigenvalue weighted by Crippen LogP contribution is 2.30. The van der Waals surface area contributed by atoms with Crippen LogP contribution in [0.1, 0.15) is 19.8 Å². The maximum Gasteiger partial charge on any atom is 0.134 e. The smallest absolute Gasteiger partial charge is 0.134 e.